The first kappa shape index (κ1) is 22.1. The molecular weight excluding hydrogens is 425 g/mol. The van der Waals surface area contributed by atoms with Crippen LogP contribution in [0.5, 0.6) is 0 Å². The number of hydrogen-bond acceptors (Lipinski definition) is 3. The van der Waals surface area contributed by atoms with Crippen molar-refractivity contribution in [1.82, 2.24) is 4.72 Å². The molecule has 0 aliphatic heterocycles. The summed E-state index contributed by atoms with van der Waals surface area (Å²) in [5, 5.41) is 0.625. The van der Waals surface area contributed by atoms with Crippen LogP contribution in [0.3, 0.4) is 0 Å². The lowest BCUT2D eigenvalue weighted by Gasteiger charge is -2.40. The van der Waals surface area contributed by atoms with Crippen LogP contribution < -0.4 is 10.5 Å². The molecule has 1 saturated carbocycles. The molecule has 0 bridgehead atoms. The summed E-state index contributed by atoms with van der Waals surface area (Å²) in [4.78, 5) is -0.184. The lowest BCUT2D eigenvalue weighted by Crippen LogP contribution is -2.45. The number of nitrogens with one attached hydrogen (secondary N) is 1. The fourth-order valence-electron chi connectivity index (χ4n) is 3.83. The maximum absolute atomic E-state index is 12.7. The first-order valence-corrected chi connectivity index (χ1v) is 11.1. The molecule has 0 amide bonds. The van der Waals surface area contributed by atoms with Gasteiger partial charge in [-0.25, -0.2) is 13.1 Å². The first-order chi connectivity index (χ1) is 13.6. The van der Waals surface area contributed by atoms with E-state index in [0.717, 1.165) is 29.8 Å². The summed E-state index contributed by atoms with van der Waals surface area (Å²) in [6.07, 6.45) is -1.99. The Labute approximate surface area is 173 Å². The van der Waals surface area contributed by atoms with E-state index in [-0.39, 0.29) is 16.4 Å². The van der Waals surface area contributed by atoms with Crippen LogP contribution in [-0.4, -0.2) is 21.0 Å². The van der Waals surface area contributed by atoms with E-state index in [9.17, 15) is 21.6 Å². The lowest BCUT2D eigenvalue weighted by atomic mass is 9.68. The standard InChI is InChI=1S/C20H22ClF3N2O2S/c21-16-3-1-2-15(12-16)19(13-25)10-8-17(9-11-19)26-29(27,28)18-6-4-14(5-7-18)20(22,23)24/h1-7,12,17,26H,8-11,13,25H2/t17-,19-. The zero-order valence-electron chi connectivity index (χ0n) is 15.5. The predicted octanol–water partition coefficient (Wildman–Crippen LogP) is 4.48. The second kappa shape index (κ2) is 8.26. The van der Waals surface area contributed by atoms with Crippen molar-refractivity contribution in [2.45, 2.75) is 48.2 Å². The topological polar surface area (TPSA) is 72.2 Å². The second-order valence-electron chi connectivity index (χ2n) is 7.41. The van der Waals surface area contributed by atoms with Crippen molar-refractivity contribution in [3.05, 3.63) is 64.7 Å². The molecule has 0 spiro atoms. The number of benzene rings is 2. The fourth-order valence-corrected chi connectivity index (χ4v) is 5.32. The SMILES string of the molecule is NC[C@]1(c2cccc(Cl)c2)CC[C@H](NS(=O)(=O)c2ccc(C(F)(F)F)cc2)CC1. The van der Waals surface area contributed by atoms with E-state index in [1.165, 1.54) is 0 Å². The molecule has 0 atom stereocenters. The van der Waals surface area contributed by atoms with E-state index in [1.54, 1.807) is 6.07 Å². The Balaban J connectivity index is 1.69. The van der Waals surface area contributed by atoms with Gasteiger partial charge in [0.05, 0.1) is 10.5 Å². The molecule has 29 heavy (non-hydrogen) atoms. The first-order valence-electron chi connectivity index (χ1n) is 9.21. The summed E-state index contributed by atoms with van der Waals surface area (Å²) in [7, 11) is -3.91. The van der Waals surface area contributed by atoms with Crippen LogP contribution in [0.4, 0.5) is 13.2 Å². The van der Waals surface area contributed by atoms with E-state index in [2.05, 4.69) is 4.72 Å². The van der Waals surface area contributed by atoms with Crippen molar-refractivity contribution in [2.75, 3.05) is 6.54 Å². The Morgan fingerprint density at radius 1 is 1.10 bits per heavy atom. The highest BCUT2D eigenvalue weighted by Crippen LogP contribution is 2.40. The number of alkyl halides is 3. The van der Waals surface area contributed by atoms with E-state index < -0.39 is 21.8 Å². The number of nitrogens with two attached hydrogens (primary N) is 1. The number of sulfonamides is 1. The Morgan fingerprint density at radius 3 is 2.24 bits per heavy atom. The zero-order chi connectivity index (χ0) is 21.3. The maximum atomic E-state index is 12.7. The van der Waals surface area contributed by atoms with E-state index in [0.29, 0.717) is 37.3 Å². The van der Waals surface area contributed by atoms with Gasteiger partial charge in [-0.3, -0.25) is 0 Å². The van der Waals surface area contributed by atoms with Gasteiger partial charge in [-0.15, -0.1) is 0 Å². The highest BCUT2D eigenvalue weighted by atomic mass is 35.5. The normalized spacial score (nSPS) is 23.1. The fraction of sp³-hybridized carbons (Fsp3) is 0.400. The molecule has 0 aromatic heterocycles. The Morgan fingerprint density at radius 2 is 1.72 bits per heavy atom. The van der Waals surface area contributed by atoms with Crippen LogP contribution in [0, 0.1) is 0 Å². The van der Waals surface area contributed by atoms with Gasteiger partial charge in [0.25, 0.3) is 0 Å². The molecule has 1 fully saturated rings. The number of rotatable bonds is 5. The minimum absolute atomic E-state index is 0.184. The average Bonchev–Trinajstić information content (AvgIpc) is 2.68. The van der Waals surface area contributed by atoms with Gasteiger partial charge < -0.3 is 5.73 Å². The Kier molecular flexibility index (Phi) is 6.29. The van der Waals surface area contributed by atoms with E-state index >= 15 is 0 Å². The van der Waals surface area contributed by atoms with E-state index in [1.807, 2.05) is 18.2 Å². The third kappa shape index (κ3) is 4.94. The van der Waals surface area contributed by atoms with Crippen molar-refractivity contribution in [3.63, 3.8) is 0 Å². The molecule has 1 aliphatic rings. The molecule has 0 unspecified atom stereocenters. The molecular formula is C20H22ClF3N2O2S. The van der Waals surface area contributed by atoms with Crippen molar-refractivity contribution < 1.29 is 21.6 Å². The Hall–Kier alpha value is -1.61. The van der Waals surface area contributed by atoms with Gasteiger partial charge in [0.15, 0.2) is 0 Å². The minimum atomic E-state index is -4.51. The van der Waals surface area contributed by atoms with Gasteiger partial charge in [-0.1, -0.05) is 23.7 Å². The third-order valence-electron chi connectivity index (χ3n) is 5.58. The Bertz CT molecular complexity index is 954. The summed E-state index contributed by atoms with van der Waals surface area (Å²) in [5.74, 6) is 0. The van der Waals surface area contributed by atoms with E-state index in [4.69, 9.17) is 17.3 Å². The maximum Gasteiger partial charge on any atom is 0.416 e. The number of hydrogen-bond donors (Lipinski definition) is 2. The smallest absolute Gasteiger partial charge is 0.330 e. The predicted molar refractivity (Wildman–Crippen MR) is 106 cm³/mol. The molecule has 9 heteroatoms. The largest absolute Gasteiger partial charge is 0.416 e. The van der Waals surface area contributed by atoms with Gasteiger partial charge in [-0.2, -0.15) is 13.2 Å². The second-order valence-corrected chi connectivity index (χ2v) is 9.56. The summed E-state index contributed by atoms with van der Waals surface area (Å²) < 4.78 is 65.8. The molecule has 158 valence electrons. The monoisotopic (exact) mass is 446 g/mol. The van der Waals surface area contributed by atoms with Gasteiger partial charge in [-0.05, 0) is 67.6 Å². The quantitative estimate of drug-likeness (QED) is 0.711. The van der Waals surface area contributed by atoms with Gasteiger partial charge in [0.2, 0.25) is 10.0 Å². The van der Waals surface area contributed by atoms with Gasteiger partial charge in [0.1, 0.15) is 0 Å². The summed E-state index contributed by atoms with van der Waals surface area (Å²) in [5.41, 5.74) is 5.95. The lowest BCUT2D eigenvalue weighted by molar-refractivity contribution is -0.137. The van der Waals surface area contributed by atoms with Crippen LogP contribution in [0.25, 0.3) is 0 Å². The van der Waals surface area contributed by atoms with Crippen LogP contribution in [0.2, 0.25) is 5.02 Å². The summed E-state index contributed by atoms with van der Waals surface area (Å²) in [6.45, 7) is 0.422. The average molecular weight is 447 g/mol. The molecule has 1 aliphatic carbocycles. The third-order valence-corrected chi connectivity index (χ3v) is 7.36. The molecule has 4 nitrogen and oxygen atoms in total. The summed E-state index contributed by atoms with van der Waals surface area (Å²) in [6, 6.07) is 10.7. The molecule has 0 radical (unpaired) electrons. The zero-order valence-corrected chi connectivity index (χ0v) is 17.1. The number of halogens is 4. The molecule has 3 rings (SSSR count). The molecule has 2 aromatic carbocycles. The van der Waals surface area contributed by atoms with Crippen molar-refractivity contribution in [3.8, 4) is 0 Å². The highest BCUT2D eigenvalue weighted by Gasteiger charge is 2.37. The molecule has 3 N–H and O–H groups in total. The molecule has 2 aromatic rings. The van der Waals surface area contributed by atoms with Crippen LogP contribution >= 0.6 is 11.6 Å². The highest BCUT2D eigenvalue weighted by molar-refractivity contribution is 7.89. The van der Waals surface area contributed by atoms with Crippen molar-refractivity contribution in [1.29, 1.82) is 0 Å². The van der Waals surface area contributed by atoms with Crippen molar-refractivity contribution >= 4 is 21.6 Å². The summed E-state index contributed by atoms with van der Waals surface area (Å²) >= 11 is 6.10. The molecule has 0 heterocycles. The van der Waals surface area contributed by atoms with Gasteiger partial charge in [0, 0.05) is 23.0 Å². The van der Waals surface area contributed by atoms with Crippen molar-refractivity contribution in [2.24, 2.45) is 5.73 Å². The van der Waals surface area contributed by atoms with Crippen LogP contribution in [0.1, 0.15) is 36.8 Å². The van der Waals surface area contributed by atoms with Crippen LogP contribution in [0.15, 0.2) is 53.4 Å². The van der Waals surface area contributed by atoms with Crippen LogP contribution in [-0.2, 0) is 21.6 Å². The minimum Gasteiger partial charge on any atom is -0.330 e. The molecule has 0 saturated heterocycles. The van der Waals surface area contributed by atoms with Gasteiger partial charge >= 0.3 is 6.18 Å².